The maximum Gasteiger partial charge on any atom is 0.232 e. The highest BCUT2D eigenvalue weighted by Gasteiger charge is 2.50. The minimum atomic E-state index is -0.176. The van der Waals surface area contributed by atoms with E-state index in [9.17, 15) is 4.79 Å². The Morgan fingerprint density at radius 3 is 2.52 bits per heavy atom. The number of hydrogen-bond acceptors (Lipinski definition) is 5. The van der Waals surface area contributed by atoms with E-state index in [2.05, 4.69) is 16.8 Å². The van der Waals surface area contributed by atoms with Gasteiger partial charge < -0.3 is 19.5 Å². The van der Waals surface area contributed by atoms with Gasteiger partial charge in [-0.15, -0.1) is 0 Å². The van der Waals surface area contributed by atoms with Crippen molar-refractivity contribution in [3.63, 3.8) is 0 Å². The number of rotatable bonds is 9. The fourth-order valence-electron chi connectivity index (χ4n) is 2.79. The summed E-state index contributed by atoms with van der Waals surface area (Å²) in [7, 11) is 1.65. The predicted molar refractivity (Wildman–Crippen MR) is 78.9 cm³/mol. The number of methoxy groups -OCH3 is 1. The number of nitrogens with one attached hydrogen (secondary N) is 1. The third-order valence-corrected chi connectivity index (χ3v) is 4.09. The molecule has 0 saturated carbocycles. The number of carbonyl (C=O) groups is 1. The van der Waals surface area contributed by atoms with Crippen LogP contribution in [0, 0.1) is 5.41 Å². The second-order valence-corrected chi connectivity index (χ2v) is 5.77. The Kier molecular flexibility index (Phi) is 6.17. The van der Waals surface area contributed by atoms with Crippen molar-refractivity contribution < 1.29 is 19.0 Å². The number of amides is 1. The molecule has 2 heterocycles. The van der Waals surface area contributed by atoms with Crippen LogP contribution in [0.1, 0.15) is 12.8 Å². The van der Waals surface area contributed by atoms with Gasteiger partial charge in [-0.05, 0) is 12.8 Å². The number of nitrogens with zero attached hydrogens (tertiary/aromatic N) is 1. The lowest BCUT2D eigenvalue weighted by Gasteiger charge is -2.51. The van der Waals surface area contributed by atoms with Crippen LogP contribution in [0.4, 0.5) is 0 Å². The van der Waals surface area contributed by atoms with Gasteiger partial charge in [0.1, 0.15) is 0 Å². The van der Waals surface area contributed by atoms with Crippen LogP contribution in [-0.2, 0) is 19.0 Å². The molecule has 2 aliphatic rings. The molecule has 0 radical (unpaired) electrons. The number of hydrogen-bond donors (Lipinski definition) is 1. The smallest absolute Gasteiger partial charge is 0.232 e. The van der Waals surface area contributed by atoms with Crippen LogP contribution in [0.2, 0.25) is 0 Å². The highest BCUT2D eigenvalue weighted by atomic mass is 16.5. The largest absolute Gasteiger partial charge is 0.382 e. The molecule has 6 nitrogen and oxygen atoms in total. The third-order valence-electron chi connectivity index (χ3n) is 4.09. The van der Waals surface area contributed by atoms with Gasteiger partial charge in [0.2, 0.25) is 5.91 Å². The number of likely N-dealkylation sites (tertiary alicyclic amines) is 1. The first kappa shape index (κ1) is 16.4. The van der Waals surface area contributed by atoms with Gasteiger partial charge in [0.25, 0.3) is 0 Å². The van der Waals surface area contributed by atoms with Gasteiger partial charge in [-0.1, -0.05) is 6.58 Å². The summed E-state index contributed by atoms with van der Waals surface area (Å²) in [6.07, 6.45) is 1.82. The van der Waals surface area contributed by atoms with Gasteiger partial charge in [0.05, 0.1) is 38.4 Å². The van der Waals surface area contributed by atoms with Gasteiger partial charge in [-0.3, -0.25) is 9.69 Å². The summed E-state index contributed by atoms with van der Waals surface area (Å²) in [5.41, 5.74) is 0.672. The zero-order valence-corrected chi connectivity index (χ0v) is 12.9. The van der Waals surface area contributed by atoms with Crippen molar-refractivity contribution in [3.8, 4) is 0 Å². The molecular weight excluding hydrogens is 272 g/mol. The molecule has 0 aromatic carbocycles. The average molecular weight is 298 g/mol. The highest BCUT2D eigenvalue weighted by molar-refractivity contribution is 5.86. The molecule has 2 saturated heterocycles. The molecule has 2 fully saturated rings. The van der Waals surface area contributed by atoms with E-state index in [4.69, 9.17) is 14.2 Å². The van der Waals surface area contributed by atoms with Crippen LogP contribution < -0.4 is 5.32 Å². The number of allylic oxidation sites excluding steroid dienone is 1. The summed E-state index contributed by atoms with van der Waals surface area (Å²) in [5, 5.41) is 2.88. The van der Waals surface area contributed by atoms with Gasteiger partial charge >= 0.3 is 0 Å². The van der Waals surface area contributed by atoms with Crippen molar-refractivity contribution in [1.82, 2.24) is 10.2 Å². The van der Waals surface area contributed by atoms with E-state index in [1.54, 1.807) is 7.11 Å². The lowest BCUT2D eigenvalue weighted by molar-refractivity contribution is -0.144. The van der Waals surface area contributed by atoms with Crippen molar-refractivity contribution in [3.05, 3.63) is 12.3 Å². The van der Waals surface area contributed by atoms with E-state index < -0.39 is 0 Å². The second-order valence-electron chi connectivity index (χ2n) is 5.77. The quantitative estimate of drug-likeness (QED) is 0.624. The van der Waals surface area contributed by atoms with Crippen LogP contribution in [0.15, 0.2) is 12.3 Å². The monoisotopic (exact) mass is 298 g/mol. The van der Waals surface area contributed by atoms with Gasteiger partial charge in [0, 0.05) is 32.4 Å². The molecule has 0 atom stereocenters. The maximum atomic E-state index is 12.0. The van der Waals surface area contributed by atoms with Crippen LogP contribution >= 0.6 is 0 Å². The standard InChI is InChI=1S/C15H26N2O4/c1-13-3-4-15(14(18)16-13)11-17(12-15)5-6-20-9-10-21-8-7-19-2/h1,3-12H2,2H3,(H,16,18). The van der Waals surface area contributed by atoms with E-state index in [0.29, 0.717) is 33.0 Å². The summed E-state index contributed by atoms with van der Waals surface area (Å²) >= 11 is 0. The van der Waals surface area contributed by atoms with Gasteiger partial charge in [-0.25, -0.2) is 0 Å². The zero-order valence-electron chi connectivity index (χ0n) is 12.9. The highest BCUT2D eigenvalue weighted by Crippen LogP contribution is 2.38. The van der Waals surface area contributed by atoms with Crippen LogP contribution in [-0.4, -0.2) is 70.6 Å². The molecule has 0 unspecified atom stereocenters. The van der Waals surface area contributed by atoms with Crippen molar-refractivity contribution in [2.45, 2.75) is 12.8 Å². The summed E-state index contributed by atoms with van der Waals surface area (Å²) in [6.45, 7) is 9.45. The Morgan fingerprint density at radius 1 is 1.19 bits per heavy atom. The van der Waals surface area contributed by atoms with E-state index >= 15 is 0 Å². The summed E-state index contributed by atoms with van der Waals surface area (Å²) in [5.74, 6) is 0.141. The Morgan fingerprint density at radius 2 is 1.86 bits per heavy atom. The topological polar surface area (TPSA) is 60.0 Å². The Bertz CT molecular complexity index is 367. The van der Waals surface area contributed by atoms with Crippen molar-refractivity contribution in [1.29, 1.82) is 0 Å². The van der Waals surface area contributed by atoms with Crippen LogP contribution in [0.5, 0.6) is 0 Å². The van der Waals surface area contributed by atoms with E-state index in [1.165, 1.54) is 0 Å². The van der Waals surface area contributed by atoms with Crippen LogP contribution in [0.3, 0.4) is 0 Å². The van der Waals surface area contributed by atoms with E-state index in [0.717, 1.165) is 38.2 Å². The van der Waals surface area contributed by atoms with E-state index in [-0.39, 0.29) is 11.3 Å². The molecule has 0 bridgehead atoms. The molecular formula is C15H26N2O4. The van der Waals surface area contributed by atoms with E-state index in [1.807, 2.05) is 0 Å². The van der Waals surface area contributed by atoms with Crippen molar-refractivity contribution in [2.24, 2.45) is 5.41 Å². The third kappa shape index (κ3) is 4.51. The first-order valence-electron chi connectivity index (χ1n) is 7.52. The first-order chi connectivity index (χ1) is 10.2. The summed E-state index contributed by atoms with van der Waals surface area (Å²) in [4.78, 5) is 14.3. The molecule has 2 rings (SSSR count). The maximum absolute atomic E-state index is 12.0. The molecule has 0 aliphatic carbocycles. The molecule has 2 aliphatic heterocycles. The predicted octanol–water partition coefficient (Wildman–Crippen LogP) is 0.392. The summed E-state index contributed by atoms with van der Waals surface area (Å²) < 4.78 is 15.7. The van der Waals surface area contributed by atoms with Crippen molar-refractivity contribution >= 4 is 5.91 Å². The minimum Gasteiger partial charge on any atom is -0.382 e. The lowest BCUT2D eigenvalue weighted by atomic mass is 9.72. The number of carbonyl (C=O) groups excluding carboxylic acids is 1. The van der Waals surface area contributed by atoms with Crippen molar-refractivity contribution in [2.75, 3.05) is 59.8 Å². The SMILES string of the molecule is C=C1CCC2(CN(CCOCCOCCOC)C2)C(=O)N1. The van der Waals surface area contributed by atoms with Crippen LogP contribution in [0.25, 0.3) is 0 Å². The molecule has 1 amide bonds. The number of ether oxygens (including phenoxy) is 3. The Balaban J connectivity index is 1.49. The Labute approximate surface area is 126 Å². The molecule has 1 N–H and O–H groups in total. The molecule has 0 aromatic heterocycles. The lowest BCUT2D eigenvalue weighted by Crippen LogP contribution is -2.65. The molecule has 120 valence electrons. The van der Waals surface area contributed by atoms with Gasteiger partial charge in [0.15, 0.2) is 0 Å². The molecule has 21 heavy (non-hydrogen) atoms. The fourth-order valence-corrected chi connectivity index (χ4v) is 2.79. The minimum absolute atomic E-state index is 0.141. The second kappa shape index (κ2) is 7.89. The Hall–Kier alpha value is -0.950. The average Bonchev–Trinajstić information content (AvgIpc) is 2.42. The first-order valence-corrected chi connectivity index (χ1v) is 7.52. The number of piperidine rings is 1. The summed E-state index contributed by atoms with van der Waals surface area (Å²) in [6, 6.07) is 0. The molecule has 6 heteroatoms. The zero-order chi connectivity index (χ0) is 15.1. The fraction of sp³-hybridized carbons (Fsp3) is 0.800. The normalized spacial score (nSPS) is 21.4. The molecule has 1 spiro atoms. The molecule has 0 aromatic rings. The van der Waals surface area contributed by atoms with Gasteiger partial charge in [-0.2, -0.15) is 0 Å².